The Morgan fingerprint density at radius 1 is 1.19 bits per heavy atom. The fourth-order valence-electron chi connectivity index (χ4n) is 1.74. The zero-order valence-electron chi connectivity index (χ0n) is 10.1. The maximum atomic E-state index is 4.38. The maximum Gasteiger partial charge on any atom is 0.0705 e. The zero-order valence-corrected chi connectivity index (χ0v) is 10.1. The van der Waals surface area contributed by atoms with Crippen LogP contribution in [0.3, 0.4) is 0 Å². The molecule has 0 bridgehead atoms. The molecule has 0 atom stereocenters. The van der Waals surface area contributed by atoms with E-state index in [2.05, 4.69) is 55.0 Å². The highest BCUT2D eigenvalue weighted by molar-refractivity contribution is 5.81. The second-order valence-electron chi connectivity index (χ2n) is 4.50. The van der Waals surface area contributed by atoms with Crippen LogP contribution in [0.2, 0.25) is 0 Å². The van der Waals surface area contributed by atoms with E-state index in [0.29, 0.717) is 6.04 Å². The van der Waals surface area contributed by atoms with Gasteiger partial charge in [-0.25, -0.2) is 0 Å². The van der Waals surface area contributed by atoms with Crippen molar-refractivity contribution >= 4 is 10.9 Å². The lowest BCUT2D eigenvalue weighted by Crippen LogP contribution is -2.25. The van der Waals surface area contributed by atoms with Crippen LogP contribution < -0.4 is 0 Å². The third kappa shape index (κ3) is 2.22. The van der Waals surface area contributed by atoms with Gasteiger partial charge in [0.25, 0.3) is 0 Å². The smallest absolute Gasteiger partial charge is 0.0705 e. The first kappa shape index (κ1) is 11.1. The fourth-order valence-corrected chi connectivity index (χ4v) is 1.74. The van der Waals surface area contributed by atoms with Crippen LogP contribution in [0.4, 0.5) is 0 Å². The summed E-state index contributed by atoms with van der Waals surface area (Å²) in [6.07, 6.45) is 1.89. The molecule has 84 valence electrons. The molecule has 2 nitrogen and oxygen atoms in total. The minimum Gasteiger partial charge on any atom is -0.300 e. The Hall–Kier alpha value is -1.41. The lowest BCUT2D eigenvalue weighted by Gasteiger charge is -2.21. The molecule has 2 heteroatoms. The Balaban J connectivity index is 2.37. The van der Waals surface area contributed by atoms with E-state index in [1.807, 2.05) is 12.3 Å². The summed E-state index contributed by atoms with van der Waals surface area (Å²) >= 11 is 0. The van der Waals surface area contributed by atoms with E-state index < -0.39 is 0 Å². The van der Waals surface area contributed by atoms with Gasteiger partial charge in [0, 0.05) is 24.2 Å². The molecule has 16 heavy (non-hydrogen) atoms. The van der Waals surface area contributed by atoms with Crippen molar-refractivity contribution in [2.45, 2.75) is 26.4 Å². The molecule has 0 radical (unpaired) electrons. The molecule has 2 rings (SSSR count). The molecule has 1 aromatic carbocycles. The van der Waals surface area contributed by atoms with E-state index in [1.54, 1.807) is 0 Å². The molecule has 0 saturated carbocycles. The summed E-state index contributed by atoms with van der Waals surface area (Å²) in [6.45, 7) is 5.40. The maximum absolute atomic E-state index is 4.38. The van der Waals surface area contributed by atoms with Crippen LogP contribution in [0.15, 0.2) is 36.5 Å². The third-order valence-corrected chi connectivity index (χ3v) is 3.04. The van der Waals surface area contributed by atoms with Crippen molar-refractivity contribution in [1.29, 1.82) is 0 Å². The van der Waals surface area contributed by atoms with Crippen molar-refractivity contribution in [2.24, 2.45) is 0 Å². The number of hydrogen-bond acceptors (Lipinski definition) is 2. The molecule has 0 aliphatic carbocycles. The molecule has 0 amide bonds. The molecular formula is C14H18N2. The molecular weight excluding hydrogens is 196 g/mol. The van der Waals surface area contributed by atoms with E-state index >= 15 is 0 Å². The summed E-state index contributed by atoms with van der Waals surface area (Å²) in [5, 5.41) is 1.26. The molecule has 2 aromatic rings. The minimum atomic E-state index is 0.562. The van der Waals surface area contributed by atoms with Gasteiger partial charge in [0.2, 0.25) is 0 Å². The molecule has 0 saturated heterocycles. The average molecular weight is 214 g/mol. The van der Waals surface area contributed by atoms with Gasteiger partial charge in [-0.15, -0.1) is 0 Å². The molecule has 0 spiro atoms. The zero-order chi connectivity index (χ0) is 11.5. The average Bonchev–Trinajstić information content (AvgIpc) is 2.29. The van der Waals surface area contributed by atoms with E-state index in [0.717, 1.165) is 12.1 Å². The first-order valence-corrected chi connectivity index (χ1v) is 5.71. The van der Waals surface area contributed by atoms with E-state index in [4.69, 9.17) is 0 Å². The van der Waals surface area contributed by atoms with Gasteiger partial charge < -0.3 is 0 Å². The van der Waals surface area contributed by atoms with Crippen LogP contribution in [-0.4, -0.2) is 23.0 Å². The monoisotopic (exact) mass is 214 g/mol. The summed E-state index contributed by atoms with van der Waals surface area (Å²) in [7, 11) is 2.15. The first-order chi connectivity index (χ1) is 7.68. The van der Waals surface area contributed by atoms with Gasteiger partial charge in [-0.05, 0) is 38.6 Å². The number of para-hydroxylation sites is 1. The first-order valence-electron chi connectivity index (χ1n) is 5.71. The van der Waals surface area contributed by atoms with Gasteiger partial charge >= 0.3 is 0 Å². The molecule has 0 aliphatic rings. The van der Waals surface area contributed by atoms with Gasteiger partial charge in [0.05, 0.1) is 5.52 Å². The lowest BCUT2D eigenvalue weighted by atomic mass is 10.1. The number of benzene rings is 1. The normalized spacial score (nSPS) is 11.6. The Bertz CT molecular complexity index is 472. The molecule has 1 heterocycles. The van der Waals surface area contributed by atoms with Crippen molar-refractivity contribution in [3.8, 4) is 0 Å². The Morgan fingerprint density at radius 2 is 1.94 bits per heavy atom. The number of pyridine rings is 1. The van der Waals surface area contributed by atoms with E-state index in [-0.39, 0.29) is 0 Å². The van der Waals surface area contributed by atoms with Crippen LogP contribution in [0.1, 0.15) is 19.4 Å². The van der Waals surface area contributed by atoms with Gasteiger partial charge in [0.15, 0.2) is 0 Å². The largest absolute Gasteiger partial charge is 0.300 e. The van der Waals surface area contributed by atoms with Gasteiger partial charge in [-0.3, -0.25) is 9.88 Å². The van der Waals surface area contributed by atoms with Gasteiger partial charge in [-0.2, -0.15) is 0 Å². The quantitative estimate of drug-likeness (QED) is 0.780. The lowest BCUT2D eigenvalue weighted by molar-refractivity contribution is 0.266. The van der Waals surface area contributed by atoms with Crippen molar-refractivity contribution in [3.63, 3.8) is 0 Å². The Labute approximate surface area is 96.9 Å². The summed E-state index contributed by atoms with van der Waals surface area (Å²) in [5.41, 5.74) is 2.43. The standard InChI is InChI=1S/C14H18N2/c1-11(2)16(3)10-12-8-9-15-14-7-5-4-6-13(12)14/h4-9,11H,10H2,1-3H3. The van der Waals surface area contributed by atoms with Crippen LogP contribution in [0.25, 0.3) is 10.9 Å². The van der Waals surface area contributed by atoms with E-state index in [1.165, 1.54) is 10.9 Å². The summed E-state index contributed by atoms with van der Waals surface area (Å²) in [6, 6.07) is 11.0. The highest BCUT2D eigenvalue weighted by Crippen LogP contribution is 2.17. The van der Waals surface area contributed by atoms with Crippen LogP contribution in [0.5, 0.6) is 0 Å². The number of fused-ring (bicyclic) bond motifs is 1. The predicted molar refractivity (Wildman–Crippen MR) is 68.3 cm³/mol. The van der Waals surface area contributed by atoms with Crippen molar-refractivity contribution < 1.29 is 0 Å². The van der Waals surface area contributed by atoms with Crippen LogP contribution in [-0.2, 0) is 6.54 Å². The SMILES string of the molecule is CC(C)N(C)Cc1ccnc2ccccc12. The van der Waals surface area contributed by atoms with Gasteiger partial charge in [0.1, 0.15) is 0 Å². The Morgan fingerprint density at radius 3 is 2.69 bits per heavy atom. The number of aromatic nitrogens is 1. The number of hydrogen-bond donors (Lipinski definition) is 0. The highest BCUT2D eigenvalue weighted by Gasteiger charge is 2.07. The van der Waals surface area contributed by atoms with Crippen LogP contribution >= 0.6 is 0 Å². The summed E-state index contributed by atoms with van der Waals surface area (Å²) < 4.78 is 0. The Kier molecular flexibility index (Phi) is 3.20. The fraction of sp³-hybridized carbons (Fsp3) is 0.357. The second kappa shape index (κ2) is 4.62. The third-order valence-electron chi connectivity index (χ3n) is 3.04. The molecule has 0 N–H and O–H groups in total. The van der Waals surface area contributed by atoms with Crippen molar-refractivity contribution in [1.82, 2.24) is 9.88 Å². The molecule has 1 aromatic heterocycles. The minimum absolute atomic E-state index is 0.562. The molecule has 0 aliphatic heterocycles. The summed E-state index contributed by atoms with van der Waals surface area (Å²) in [4.78, 5) is 6.71. The van der Waals surface area contributed by atoms with Gasteiger partial charge in [-0.1, -0.05) is 18.2 Å². The molecule has 0 fully saturated rings. The predicted octanol–water partition coefficient (Wildman–Crippen LogP) is 3.08. The topological polar surface area (TPSA) is 16.1 Å². The molecule has 0 unspecified atom stereocenters. The number of rotatable bonds is 3. The van der Waals surface area contributed by atoms with Crippen LogP contribution in [0, 0.1) is 0 Å². The number of nitrogens with zero attached hydrogens (tertiary/aromatic N) is 2. The second-order valence-corrected chi connectivity index (χ2v) is 4.50. The van der Waals surface area contributed by atoms with E-state index in [9.17, 15) is 0 Å². The van der Waals surface area contributed by atoms with Crippen molar-refractivity contribution in [2.75, 3.05) is 7.05 Å². The van der Waals surface area contributed by atoms with Crippen molar-refractivity contribution in [3.05, 3.63) is 42.1 Å². The highest BCUT2D eigenvalue weighted by atomic mass is 15.1. The summed E-state index contributed by atoms with van der Waals surface area (Å²) in [5.74, 6) is 0.